The summed E-state index contributed by atoms with van der Waals surface area (Å²) in [6, 6.07) is 0. The van der Waals surface area contributed by atoms with E-state index in [1.165, 1.54) is 0 Å². The Kier molecular flexibility index (Phi) is 2.22. The van der Waals surface area contributed by atoms with E-state index in [0.29, 0.717) is 5.82 Å². The van der Waals surface area contributed by atoms with Gasteiger partial charge in [0.25, 0.3) is 0 Å². The van der Waals surface area contributed by atoms with Crippen LogP contribution < -0.4 is 11.3 Å². The van der Waals surface area contributed by atoms with Crippen LogP contribution in [0.5, 0.6) is 0 Å². The molecule has 0 aliphatic heterocycles. The first kappa shape index (κ1) is 6.30. The maximum absolute atomic E-state index is 4.98. The first-order valence-corrected chi connectivity index (χ1v) is 2.01. The van der Waals surface area contributed by atoms with E-state index in [-0.39, 0.29) is 0 Å². The van der Waals surface area contributed by atoms with E-state index >= 15 is 0 Å². The zero-order valence-electron chi connectivity index (χ0n) is 4.73. The van der Waals surface area contributed by atoms with Crippen LogP contribution in [0.4, 0.5) is 0 Å². The summed E-state index contributed by atoms with van der Waals surface area (Å²) in [5.74, 6) is 5.69. The summed E-state index contributed by atoms with van der Waals surface area (Å²) in [7, 11) is 3.73. The fourth-order valence-electron chi connectivity index (χ4n) is 0.129. The highest BCUT2D eigenvalue weighted by Gasteiger charge is 1.85. The molecule has 0 aliphatic carbocycles. The van der Waals surface area contributed by atoms with Crippen LogP contribution >= 0.6 is 0 Å². The fraction of sp³-hybridized carbons (Fsp3) is 0.500. The molecule has 0 atom stereocenters. The number of hydrogen-bond donors (Lipinski definition) is 2. The lowest BCUT2D eigenvalue weighted by Gasteiger charge is -2.13. The van der Waals surface area contributed by atoms with Gasteiger partial charge >= 0.3 is 0 Å². The van der Waals surface area contributed by atoms with E-state index in [2.05, 4.69) is 12.0 Å². The molecule has 0 aromatic heterocycles. The first-order valence-electron chi connectivity index (χ1n) is 2.01. The van der Waals surface area contributed by atoms with Crippen LogP contribution in [0, 0.1) is 0 Å². The molecule has 0 rings (SSSR count). The van der Waals surface area contributed by atoms with Gasteiger partial charge in [0.1, 0.15) is 5.82 Å². The Morgan fingerprint density at radius 2 is 2.14 bits per heavy atom. The Morgan fingerprint density at radius 1 is 1.71 bits per heavy atom. The largest absolute Gasteiger partial charge is 0.364 e. The van der Waals surface area contributed by atoms with Gasteiger partial charge in [-0.25, -0.2) is 5.84 Å². The van der Waals surface area contributed by atoms with E-state index < -0.39 is 0 Å². The molecule has 7 heavy (non-hydrogen) atoms. The maximum Gasteiger partial charge on any atom is 0.108 e. The minimum Gasteiger partial charge on any atom is -0.364 e. The Bertz CT molecular complexity index is 67.3. The van der Waals surface area contributed by atoms with Crippen molar-refractivity contribution in [1.29, 1.82) is 0 Å². The third kappa shape index (κ3) is 2.05. The summed E-state index contributed by atoms with van der Waals surface area (Å²) >= 11 is 0. The third-order valence-corrected chi connectivity index (χ3v) is 0.706. The molecule has 0 unspecified atom stereocenters. The van der Waals surface area contributed by atoms with Gasteiger partial charge in [-0.05, 0) is 0 Å². The molecular weight excluding hydrogens is 90.1 g/mol. The van der Waals surface area contributed by atoms with Gasteiger partial charge in [0.15, 0.2) is 0 Å². The van der Waals surface area contributed by atoms with Gasteiger partial charge in [-0.1, -0.05) is 6.58 Å². The Morgan fingerprint density at radius 3 is 2.14 bits per heavy atom. The average Bonchev–Trinajstić information content (AvgIpc) is 1.65. The average molecular weight is 101 g/mol. The topological polar surface area (TPSA) is 41.3 Å². The molecular formula is C4H11N3. The molecule has 3 nitrogen and oxygen atoms in total. The monoisotopic (exact) mass is 101 g/mol. The molecule has 0 fully saturated rings. The second-order valence-electron chi connectivity index (χ2n) is 1.49. The van der Waals surface area contributed by atoms with Gasteiger partial charge in [0.05, 0.1) is 0 Å². The van der Waals surface area contributed by atoms with Gasteiger partial charge in [-0.2, -0.15) is 0 Å². The quantitative estimate of drug-likeness (QED) is 0.363. The fourth-order valence-corrected chi connectivity index (χ4v) is 0.129. The van der Waals surface area contributed by atoms with Crippen molar-refractivity contribution in [2.24, 2.45) is 5.84 Å². The maximum atomic E-state index is 4.98. The molecule has 0 spiro atoms. The molecule has 0 amide bonds. The Labute approximate surface area is 43.8 Å². The molecule has 3 N–H and O–H groups in total. The third-order valence-electron chi connectivity index (χ3n) is 0.706. The minimum absolute atomic E-state index is 0.708. The van der Waals surface area contributed by atoms with Crippen LogP contribution in [0.2, 0.25) is 0 Å². The number of hydrazine groups is 1. The highest BCUT2D eigenvalue weighted by Crippen LogP contribution is 1.81. The summed E-state index contributed by atoms with van der Waals surface area (Å²) < 4.78 is 0. The second kappa shape index (κ2) is 2.47. The van der Waals surface area contributed by atoms with Crippen LogP contribution in [0.3, 0.4) is 0 Å². The van der Waals surface area contributed by atoms with Crippen molar-refractivity contribution in [1.82, 2.24) is 10.3 Å². The van der Waals surface area contributed by atoms with Crippen molar-refractivity contribution >= 4 is 0 Å². The molecule has 0 heterocycles. The van der Waals surface area contributed by atoms with Gasteiger partial charge in [0.2, 0.25) is 0 Å². The standard InChI is InChI=1S/C4H11N3/c1-4(6-5)7(2)3/h6H,1,5H2,2-3H3. The van der Waals surface area contributed by atoms with Crippen LogP contribution in [0.15, 0.2) is 12.4 Å². The van der Waals surface area contributed by atoms with Crippen LogP contribution in [-0.4, -0.2) is 19.0 Å². The number of nitrogens with zero attached hydrogens (tertiary/aromatic N) is 1. The lowest BCUT2D eigenvalue weighted by atomic mass is 10.7. The highest BCUT2D eigenvalue weighted by atomic mass is 15.3. The summed E-state index contributed by atoms with van der Waals surface area (Å²) in [5.41, 5.74) is 2.40. The van der Waals surface area contributed by atoms with Crippen LogP contribution in [-0.2, 0) is 0 Å². The number of rotatable bonds is 2. The molecule has 0 aromatic rings. The van der Waals surface area contributed by atoms with E-state index in [4.69, 9.17) is 5.84 Å². The van der Waals surface area contributed by atoms with Crippen molar-refractivity contribution in [2.75, 3.05) is 14.1 Å². The molecule has 0 aliphatic rings. The predicted octanol–water partition coefficient (Wildman–Crippen LogP) is -0.517. The Hall–Kier alpha value is -0.700. The second-order valence-corrected chi connectivity index (χ2v) is 1.49. The molecule has 3 heteroatoms. The minimum atomic E-state index is 0.708. The van der Waals surface area contributed by atoms with E-state index in [9.17, 15) is 0 Å². The van der Waals surface area contributed by atoms with Gasteiger partial charge in [-0.3, -0.25) is 0 Å². The summed E-state index contributed by atoms with van der Waals surface area (Å²) in [5, 5.41) is 0. The zero-order valence-corrected chi connectivity index (χ0v) is 4.73. The molecule has 0 saturated heterocycles. The van der Waals surface area contributed by atoms with E-state index in [0.717, 1.165) is 0 Å². The molecule has 0 bridgehead atoms. The van der Waals surface area contributed by atoms with Crippen molar-refractivity contribution in [3.8, 4) is 0 Å². The van der Waals surface area contributed by atoms with Crippen LogP contribution in [0.25, 0.3) is 0 Å². The molecule has 0 aromatic carbocycles. The molecule has 0 radical (unpaired) electrons. The van der Waals surface area contributed by atoms with Gasteiger partial charge in [0, 0.05) is 14.1 Å². The zero-order chi connectivity index (χ0) is 5.86. The smallest absolute Gasteiger partial charge is 0.108 e. The van der Waals surface area contributed by atoms with E-state index in [1.807, 2.05) is 14.1 Å². The lowest BCUT2D eigenvalue weighted by Crippen LogP contribution is -2.29. The van der Waals surface area contributed by atoms with Gasteiger partial charge in [-0.15, -0.1) is 0 Å². The normalized spacial score (nSPS) is 7.86. The lowest BCUT2D eigenvalue weighted by molar-refractivity contribution is 0.468. The highest BCUT2D eigenvalue weighted by molar-refractivity contribution is 4.83. The van der Waals surface area contributed by atoms with Crippen LogP contribution in [0.1, 0.15) is 0 Å². The number of nitrogens with one attached hydrogen (secondary N) is 1. The van der Waals surface area contributed by atoms with Crippen molar-refractivity contribution in [3.63, 3.8) is 0 Å². The summed E-state index contributed by atoms with van der Waals surface area (Å²) in [6.45, 7) is 3.56. The number of nitrogens with two attached hydrogens (primary N) is 1. The molecule has 0 saturated carbocycles. The van der Waals surface area contributed by atoms with E-state index in [1.54, 1.807) is 4.90 Å². The SMILES string of the molecule is C=C(NN)N(C)C. The first-order chi connectivity index (χ1) is 3.18. The van der Waals surface area contributed by atoms with Crippen molar-refractivity contribution in [2.45, 2.75) is 0 Å². The van der Waals surface area contributed by atoms with Crippen molar-refractivity contribution < 1.29 is 0 Å². The Balaban J connectivity index is 3.35. The summed E-state index contributed by atoms with van der Waals surface area (Å²) in [4.78, 5) is 1.79. The molecule has 42 valence electrons. The van der Waals surface area contributed by atoms with Gasteiger partial charge < -0.3 is 10.3 Å². The van der Waals surface area contributed by atoms with Crippen molar-refractivity contribution in [3.05, 3.63) is 12.4 Å². The predicted molar refractivity (Wildman–Crippen MR) is 30.2 cm³/mol. The summed E-state index contributed by atoms with van der Waals surface area (Å²) in [6.07, 6.45) is 0. The number of hydrogen-bond acceptors (Lipinski definition) is 3.